The van der Waals surface area contributed by atoms with Gasteiger partial charge < -0.3 is 10.2 Å². The minimum Gasteiger partial charge on any atom is -0.392 e. The number of hydrogen-bond donors (Lipinski definition) is 2. The van der Waals surface area contributed by atoms with Gasteiger partial charge in [-0.25, -0.2) is 9.97 Å². The molecule has 1 rings (SSSR count). The molecule has 0 saturated heterocycles. The van der Waals surface area contributed by atoms with Crippen molar-refractivity contribution in [2.45, 2.75) is 37.0 Å². The predicted octanol–water partition coefficient (Wildman–Crippen LogP) is 0.830. The maximum atomic E-state index is 9.27. The van der Waals surface area contributed by atoms with E-state index in [0.29, 0.717) is 10.7 Å². The van der Waals surface area contributed by atoms with E-state index in [1.54, 1.807) is 19.3 Å². The first kappa shape index (κ1) is 11.4. The van der Waals surface area contributed by atoms with Gasteiger partial charge in [-0.3, -0.25) is 0 Å². The molecule has 0 aliphatic heterocycles. The van der Waals surface area contributed by atoms with Crippen LogP contribution >= 0.6 is 11.8 Å². The minimum absolute atomic E-state index is 0.0447. The third-order valence-electron chi connectivity index (χ3n) is 1.83. The van der Waals surface area contributed by atoms with Gasteiger partial charge in [0.25, 0.3) is 0 Å². The average molecular weight is 214 g/mol. The molecule has 0 saturated carbocycles. The lowest BCUT2D eigenvalue weighted by molar-refractivity contribution is 0.196. The van der Waals surface area contributed by atoms with Crippen LogP contribution in [0.5, 0.6) is 0 Å². The van der Waals surface area contributed by atoms with Gasteiger partial charge in [-0.15, -0.1) is 0 Å². The molecule has 0 amide bonds. The summed E-state index contributed by atoms with van der Waals surface area (Å²) in [5.41, 5.74) is 0.694. The second kappa shape index (κ2) is 5.29. The number of aromatic nitrogens is 2. The molecule has 14 heavy (non-hydrogen) atoms. The first-order valence-corrected chi connectivity index (χ1v) is 5.28. The van der Waals surface area contributed by atoms with E-state index >= 15 is 0 Å². The molecule has 1 aromatic rings. The summed E-state index contributed by atoms with van der Waals surface area (Å²) in [6.07, 6.45) is 2.79. The summed E-state index contributed by atoms with van der Waals surface area (Å²) < 4.78 is 0. The van der Waals surface area contributed by atoms with Crippen LogP contribution in [-0.4, -0.2) is 31.5 Å². The highest BCUT2D eigenvalue weighted by Crippen LogP contribution is 2.20. The van der Waals surface area contributed by atoms with E-state index in [4.69, 9.17) is 5.11 Å². The van der Waals surface area contributed by atoms with Crippen LogP contribution in [0.3, 0.4) is 0 Å². The molecule has 1 aromatic heterocycles. The van der Waals surface area contributed by atoms with Crippen molar-refractivity contribution in [2.24, 2.45) is 0 Å². The molecule has 0 aliphatic rings. The molecule has 78 valence electrons. The molecule has 0 aromatic carbocycles. The van der Waals surface area contributed by atoms with Gasteiger partial charge in [0.2, 0.25) is 0 Å². The lowest BCUT2D eigenvalue weighted by Gasteiger charge is -2.12. The molecule has 0 spiro atoms. The molecule has 2 N–H and O–H groups in total. The Morgan fingerprint density at radius 1 is 1.36 bits per heavy atom. The van der Waals surface area contributed by atoms with Crippen LogP contribution in [0.4, 0.5) is 0 Å². The summed E-state index contributed by atoms with van der Waals surface area (Å²) in [5.74, 6) is 0. The van der Waals surface area contributed by atoms with Gasteiger partial charge in [0.15, 0.2) is 5.16 Å². The summed E-state index contributed by atoms with van der Waals surface area (Å²) in [7, 11) is 0. The van der Waals surface area contributed by atoms with E-state index in [0.717, 1.165) is 0 Å². The zero-order valence-corrected chi connectivity index (χ0v) is 9.03. The van der Waals surface area contributed by atoms with Gasteiger partial charge in [0.05, 0.1) is 12.7 Å². The number of aliphatic hydroxyl groups is 2. The van der Waals surface area contributed by atoms with Gasteiger partial charge in [-0.05, 0) is 6.92 Å². The number of aliphatic hydroxyl groups excluding tert-OH is 2. The molecule has 1 heterocycles. The Morgan fingerprint density at radius 2 is 1.93 bits per heavy atom. The molecular weight excluding hydrogens is 200 g/mol. The maximum absolute atomic E-state index is 9.27. The Kier molecular flexibility index (Phi) is 4.31. The summed E-state index contributed by atoms with van der Waals surface area (Å²) in [6.45, 7) is 3.61. The van der Waals surface area contributed by atoms with Gasteiger partial charge in [-0.1, -0.05) is 18.7 Å². The lowest BCUT2D eigenvalue weighted by atomic mass is 10.3. The van der Waals surface area contributed by atoms with Crippen molar-refractivity contribution in [2.75, 3.05) is 0 Å². The van der Waals surface area contributed by atoms with Gasteiger partial charge in [0.1, 0.15) is 0 Å². The van der Waals surface area contributed by atoms with Crippen LogP contribution in [0.25, 0.3) is 0 Å². The molecule has 0 aliphatic carbocycles. The first-order valence-electron chi connectivity index (χ1n) is 4.40. The Balaban J connectivity index is 2.59. The zero-order valence-electron chi connectivity index (χ0n) is 8.21. The molecule has 0 bridgehead atoms. The molecular formula is C9H14N2O2S. The van der Waals surface area contributed by atoms with Crippen LogP contribution in [0, 0.1) is 0 Å². The molecule has 2 unspecified atom stereocenters. The molecule has 4 nitrogen and oxygen atoms in total. The van der Waals surface area contributed by atoms with E-state index < -0.39 is 0 Å². The van der Waals surface area contributed by atoms with Crippen molar-refractivity contribution in [3.8, 4) is 0 Å². The van der Waals surface area contributed by atoms with E-state index in [2.05, 4.69) is 9.97 Å². The van der Waals surface area contributed by atoms with Crippen molar-refractivity contribution in [1.29, 1.82) is 0 Å². The molecule has 0 fully saturated rings. The summed E-state index contributed by atoms with van der Waals surface area (Å²) in [4.78, 5) is 8.11. The topological polar surface area (TPSA) is 66.2 Å². The predicted molar refractivity (Wildman–Crippen MR) is 55.0 cm³/mol. The smallest absolute Gasteiger partial charge is 0.187 e. The fourth-order valence-electron chi connectivity index (χ4n) is 0.750. The highest BCUT2D eigenvalue weighted by molar-refractivity contribution is 7.99. The van der Waals surface area contributed by atoms with Gasteiger partial charge >= 0.3 is 0 Å². The third kappa shape index (κ3) is 3.25. The highest BCUT2D eigenvalue weighted by Gasteiger charge is 2.11. The Hall–Kier alpha value is -0.650. The van der Waals surface area contributed by atoms with E-state index in [9.17, 15) is 5.11 Å². The minimum atomic E-state index is -0.388. The highest BCUT2D eigenvalue weighted by atomic mass is 32.2. The first-order chi connectivity index (χ1) is 6.63. The quantitative estimate of drug-likeness (QED) is 0.574. The van der Waals surface area contributed by atoms with Crippen molar-refractivity contribution in [3.63, 3.8) is 0 Å². The molecule has 0 radical (unpaired) electrons. The Bertz CT molecular complexity index is 277. The van der Waals surface area contributed by atoms with Crippen LogP contribution in [0.1, 0.15) is 19.4 Å². The number of nitrogens with zero attached hydrogens (tertiary/aromatic N) is 2. The lowest BCUT2D eigenvalue weighted by Crippen LogP contribution is -2.15. The Labute approximate surface area is 87.4 Å². The maximum Gasteiger partial charge on any atom is 0.187 e. The summed E-state index contributed by atoms with van der Waals surface area (Å²) >= 11 is 1.42. The third-order valence-corrected chi connectivity index (χ3v) is 3.02. The fraction of sp³-hybridized carbons (Fsp3) is 0.556. The Morgan fingerprint density at radius 3 is 2.36 bits per heavy atom. The van der Waals surface area contributed by atoms with Crippen molar-refractivity contribution >= 4 is 11.8 Å². The SMILES string of the molecule is CC(O)C(C)Sc1ncc(CO)cn1. The number of thioether (sulfide) groups is 1. The van der Waals surface area contributed by atoms with Crippen LogP contribution < -0.4 is 0 Å². The van der Waals surface area contributed by atoms with Crippen LogP contribution in [0.2, 0.25) is 0 Å². The van der Waals surface area contributed by atoms with E-state index in [1.807, 2.05) is 6.92 Å². The van der Waals surface area contributed by atoms with Gasteiger partial charge in [0, 0.05) is 23.2 Å². The van der Waals surface area contributed by atoms with Crippen molar-refractivity contribution in [1.82, 2.24) is 9.97 Å². The molecule has 2 atom stereocenters. The summed E-state index contributed by atoms with van der Waals surface area (Å²) in [6, 6.07) is 0. The number of hydrogen-bond acceptors (Lipinski definition) is 5. The second-order valence-electron chi connectivity index (χ2n) is 3.10. The fourth-order valence-corrected chi connectivity index (χ4v) is 1.51. The second-order valence-corrected chi connectivity index (χ2v) is 4.44. The van der Waals surface area contributed by atoms with Crippen molar-refractivity contribution < 1.29 is 10.2 Å². The zero-order chi connectivity index (χ0) is 10.6. The van der Waals surface area contributed by atoms with Crippen molar-refractivity contribution in [3.05, 3.63) is 18.0 Å². The van der Waals surface area contributed by atoms with Crippen LogP contribution in [0.15, 0.2) is 17.6 Å². The normalized spacial score (nSPS) is 15.1. The number of rotatable bonds is 4. The molecule has 5 heteroatoms. The largest absolute Gasteiger partial charge is 0.392 e. The average Bonchev–Trinajstić information content (AvgIpc) is 2.19. The van der Waals surface area contributed by atoms with E-state index in [1.165, 1.54) is 11.8 Å². The monoisotopic (exact) mass is 214 g/mol. The van der Waals surface area contributed by atoms with E-state index in [-0.39, 0.29) is 18.0 Å². The summed E-state index contributed by atoms with van der Waals surface area (Å²) in [5, 5.41) is 18.7. The van der Waals surface area contributed by atoms with Crippen LogP contribution in [-0.2, 0) is 6.61 Å². The standard InChI is InChI=1S/C9H14N2O2S/c1-6(13)7(2)14-9-10-3-8(5-12)4-11-9/h3-4,6-7,12-13H,5H2,1-2H3. The van der Waals surface area contributed by atoms with Gasteiger partial charge in [-0.2, -0.15) is 0 Å².